The number of nitrogens with one attached hydrogen (secondary N) is 1. The zero-order chi connectivity index (χ0) is 24.5. The van der Waals surface area contributed by atoms with E-state index in [1.807, 2.05) is 91.9 Å². The molecule has 35 heavy (non-hydrogen) atoms. The smallest absolute Gasteiger partial charge is 0.408 e. The molecule has 4 rings (SSSR count). The first-order valence-corrected chi connectivity index (χ1v) is 11.1. The molecule has 0 bridgehead atoms. The molecule has 0 saturated heterocycles. The summed E-state index contributed by atoms with van der Waals surface area (Å²) in [5.41, 5.74) is 3.58. The number of nitrogens with zero attached hydrogens (tertiary/aromatic N) is 2. The van der Waals surface area contributed by atoms with Crippen LogP contribution in [-0.2, 0) is 33.9 Å². The monoisotopic (exact) mass is 471 g/mol. The predicted molar refractivity (Wildman–Crippen MR) is 128 cm³/mol. The van der Waals surface area contributed by atoms with Crippen molar-refractivity contribution in [2.24, 2.45) is 0 Å². The Morgan fingerprint density at radius 1 is 0.857 bits per heavy atom. The van der Waals surface area contributed by atoms with Crippen molar-refractivity contribution >= 4 is 12.1 Å². The molecule has 178 valence electrons. The number of aromatic nitrogens is 2. The lowest BCUT2D eigenvalue weighted by molar-refractivity contribution is -0.147. The Labute approximate surface area is 202 Å². The van der Waals surface area contributed by atoms with Gasteiger partial charge in [0.2, 0.25) is 5.82 Å². The number of hydrogen-bond donors (Lipinski definition) is 1. The highest BCUT2D eigenvalue weighted by Gasteiger charge is 2.24. The Balaban J connectivity index is 1.37. The highest BCUT2D eigenvalue weighted by molar-refractivity contribution is 5.81. The molecule has 0 aliphatic heterocycles. The van der Waals surface area contributed by atoms with E-state index in [0.717, 1.165) is 22.3 Å². The fraction of sp³-hybridized carbons (Fsp3) is 0.185. The molecule has 0 aliphatic carbocycles. The van der Waals surface area contributed by atoms with Gasteiger partial charge in [-0.3, -0.25) is 0 Å². The van der Waals surface area contributed by atoms with Gasteiger partial charge in [0.15, 0.2) is 6.61 Å². The number of amides is 1. The number of benzene rings is 3. The van der Waals surface area contributed by atoms with E-state index in [1.54, 1.807) is 0 Å². The van der Waals surface area contributed by atoms with Gasteiger partial charge in [-0.25, -0.2) is 9.59 Å². The third-order valence-corrected chi connectivity index (χ3v) is 5.18. The molecule has 1 N–H and O–H groups in total. The standard InChI is InChI=1S/C27H25N3O5/c1-19-12-14-22(15-13-19)25-29-24(30-35-25)18-33-26(31)23(16-20-8-4-2-5-9-20)28-27(32)34-17-21-10-6-3-7-11-21/h2-15,23H,16-18H2,1H3,(H,28,32)/t23-/m1/s1. The van der Waals surface area contributed by atoms with Crippen molar-refractivity contribution in [2.75, 3.05) is 0 Å². The van der Waals surface area contributed by atoms with Crippen molar-refractivity contribution in [3.8, 4) is 11.5 Å². The fourth-order valence-electron chi connectivity index (χ4n) is 3.31. The van der Waals surface area contributed by atoms with Crippen LogP contribution in [0.5, 0.6) is 0 Å². The highest BCUT2D eigenvalue weighted by Crippen LogP contribution is 2.18. The van der Waals surface area contributed by atoms with Gasteiger partial charge in [0.1, 0.15) is 12.6 Å². The summed E-state index contributed by atoms with van der Waals surface area (Å²) in [6.07, 6.45) is -0.478. The maximum absolute atomic E-state index is 12.9. The minimum Gasteiger partial charge on any atom is -0.456 e. The van der Waals surface area contributed by atoms with Gasteiger partial charge in [0.25, 0.3) is 5.89 Å². The van der Waals surface area contributed by atoms with Gasteiger partial charge < -0.3 is 19.3 Å². The van der Waals surface area contributed by atoms with E-state index in [2.05, 4.69) is 15.5 Å². The summed E-state index contributed by atoms with van der Waals surface area (Å²) in [4.78, 5) is 29.5. The summed E-state index contributed by atoms with van der Waals surface area (Å²) in [5.74, 6) is -0.0780. The number of alkyl carbamates (subject to hydrolysis) is 1. The molecule has 3 aromatic carbocycles. The van der Waals surface area contributed by atoms with Crippen LogP contribution in [0.3, 0.4) is 0 Å². The van der Waals surface area contributed by atoms with Crippen LogP contribution in [0, 0.1) is 6.92 Å². The molecule has 4 aromatic rings. The van der Waals surface area contributed by atoms with Gasteiger partial charge in [-0.15, -0.1) is 0 Å². The lowest BCUT2D eigenvalue weighted by Gasteiger charge is -2.17. The summed E-state index contributed by atoms with van der Waals surface area (Å²) in [6.45, 7) is 1.88. The Morgan fingerprint density at radius 3 is 2.20 bits per heavy atom. The number of rotatable bonds is 9. The molecular weight excluding hydrogens is 446 g/mol. The molecule has 1 amide bonds. The molecule has 0 unspecified atom stereocenters. The lowest BCUT2D eigenvalue weighted by Crippen LogP contribution is -2.43. The van der Waals surface area contributed by atoms with Crippen LogP contribution >= 0.6 is 0 Å². The van der Waals surface area contributed by atoms with Crippen molar-refractivity contribution in [1.29, 1.82) is 0 Å². The van der Waals surface area contributed by atoms with Crippen molar-refractivity contribution in [3.05, 3.63) is 107 Å². The molecule has 1 aromatic heterocycles. The lowest BCUT2D eigenvalue weighted by atomic mass is 10.1. The number of esters is 1. The van der Waals surface area contributed by atoms with Crippen LogP contribution in [-0.4, -0.2) is 28.2 Å². The van der Waals surface area contributed by atoms with Crippen molar-refractivity contribution in [1.82, 2.24) is 15.5 Å². The van der Waals surface area contributed by atoms with E-state index >= 15 is 0 Å². The summed E-state index contributed by atoms with van der Waals surface area (Å²) >= 11 is 0. The van der Waals surface area contributed by atoms with E-state index in [-0.39, 0.29) is 25.5 Å². The molecule has 8 nitrogen and oxygen atoms in total. The van der Waals surface area contributed by atoms with Crippen LogP contribution < -0.4 is 5.32 Å². The van der Waals surface area contributed by atoms with E-state index in [4.69, 9.17) is 14.0 Å². The first kappa shape index (κ1) is 23.7. The van der Waals surface area contributed by atoms with Gasteiger partial charge >= 0.3 is 12.1 Å². The van der Waals surface area contributed by atoms with Crippen LogP contribution in [0.1, 0.15) is 22.5 Å². The molecule has 0 fully saturated rings. The molecule has 1 atom stereocenters. The molecule has 0 radical (unpaired) electrons. The molecular formula is C27H25N3O5. The van der Waals surface area contributed by atoms with E-state index in [0.29, 0.717) is 5.89 Å². The summed E-state index contributed by atoms with van der Waals surface area (Å²) in [7, 11) is 0. The third-order valence-electron chi connectivity index (χ3n) is 5.18. The Kier molecular flexibility index (Phi) is 7.85. The molecule has 1 heterocycles. The quantitative estimate of drug-likeness (QED) is 0.355. The second kappa shape index (κ2) is 11.6. The van der Waals surface area contributed by atoms with Crippen molar-refractivity contribution in [2.45, 2.75) is 32.6 Å². The Morgan fingerprint density at radius 2 is 1.51 bits per heavy atom. The van der Waals surface area contributed by atoms with E-state index in [1.165, 1.54) is 0 Å². The van der Waals surface area contributed by atoms with Gasteiger partial charge in [-0.1, -0.05) is 83.5 Å². The highest BCUT2D eigenvalue weighted by atomic mass is 16.6. The fourth-order valence-corrected chi connectivity index (χ4v) is 3.31. The molecule has 0 spiro atoms. The number of carbonyl (C=O) groups is 2. The average Bonchev–Trinajstić information content (AvgIpc) is 3.36. The van der Waals surface area contributed by atoms with E-state index < -0.39 is 18.1 Å². The first-order valence-electron chi connectivity index (χ1n) is 11.1. The van der Waals surface area contributed by atoms with Crippen LogP contribution in [0.4, 0.5) is 4.79 Å². The van der Waals surface area contributed by atoms with Crippen molar-refractivity contribution < 1.29 is 23.6 Å². The molecule has 0 aliphatic rings. The number of aryl methyl sites for hydroxylation is 1. The minimum atomic E-state index is -0.954. The van der Waals surface area contributed by atoms with Gasteiger partial charge in [-0.2, -0.15) is 4.98 Å². The van der Waals surface area contributed by atoms with Gasteiger partial charge in [0, 0.05) is 12.0 Å². The van der Waals surface area contributed by atoms with Crippen LogP contribution in [0.25, 0.3) is 11.5 Å². The first-order chi connectivity index (χ1) is 17.1. The Hall–Kier alpha value is -4.46. The van der Waals surface area contributed by atoms with Crippen LogP contribution in [0.2, 0.25) is 0 Å². The topological polar surface area (TPSA) is 104 Å². The maximum atomic E-state index is 12.9. The van der Waals surface area contributed by atoms with Crippen molar-refractivity contribution in [3.63, 3.8) is 0 Å². The SMILES string of the molecule is Cc1ccc(-c2nc(COC(=O)[C@@H](Cc3ccccc3)NC(=O)OCc3ccccc3)no2)cc1. The van der Waals surface area contributed by atoms with E-state index in [9.17, 15) is 9.59 Å². The predicted octanol–water partition coefficient (Wildman–Crippen LogP) is 4.63. The third kappa shape index (κ3) is 7.01. The zero-order valence-electron chi connectivity index (χ0n) is 19.2. The second-order valence-corrected chi connectivity index (χ2v) is 7.94. The van der Waals surface area contributed by atoms with Gasteiger partial charge in [-0.05, 0) is 30.2 Å². The number of carbonyl (C=O) groups excluding carboxylic acids is 2. The number of ether oxygens (including phenoxy) is 2. The second-order valence-electron chi connectivity index (χ2n) is 7.94. The summed E-state index contributed by atoms with van der Waals surface area (Å²) < 4.78 is 15.9. The minimum absolute atomic E-state index is 0.0877. The molecule has 0 saturated carbocycles. The van der Waals surface area contributed by atoms with Gasteiger partial charge in [0.05, 0.1) is 0 Å². The Bertz CT molecular complexity index is 1240. The summed E-state index contributed by atoms with van der Waals surface area (Å²) in [6, 6.07) is 25.3. The van der Waals surface area contributed by atoms with Crippen LogP contribution in [0.15, 0.2) is 89.5 Å². The zero-order valence-corrected chi connectivity index (χ0v) is 19.2. The largest absolute Gasteiger partial charge is 0.456 e. The summed E-state index contributed by atoms with van der Waals surface area (Å²) in [5, 5.41) is 6.49. The molecule has 8 heteroatoms. The normalized spacial score (nSPS) is 11.5. The number of hydrogen-bond acceptors (Lipinski definition) is 7. The maximum Gasteiger partial charge on any atom is 0.408 e. The average molecular weight is 472 g/mol.